The van der Waals surface area contributed by atoms with E-state index in [1.807, 2.05) is 36.4 Å². The van der Waals surface area contributed by atoms with Crippen molar-refractivity contribution in [2.24, 2.45) is 0 Å². The maximum atomic E-state index is 12.6. The Bertz CT molecular complexity index is 696. The number of fused-ring (bicyclic) bond motifs is 1. The number of rotatable bonds is 4. The minimum Gasteiger partial charge on any atom is -0.367 e. The summed E-state index contributed by atoms with van der Waals surface area (Å²) < 4.78 is 0. The minimum atomic E-state index is -0.827. The molecule has 4 heteroatoms. The smallest absolute Gasteiger partial charge is 0.255 e. The Morgan fingerprint density at radius 3 is 2.62 bits per heavy atom. The first kappa shape index (κ1) is 13.7. The van der Waals surface area contributed by atoms with Gasteiger partial charge in [0.2, 0.25) is 0 Å². The van der Waals surface area contributed by atoms with Crippen LogP contribution in [0.25, 0.3) is 0 Å². The van der Waals surface area contributed by atoms with E-state index < -0.39 is 5.54 Å². The lowest BCUT2D eigenvalue weighted by molar-refractivity contribution is -0.119. The van der Waals surface area contributed by atoms with E-state index in [0.29, 0.717) is 11.4 Å². The topological polar surface area (TPSA) is 41.1 Å². The van der Waals surface area contributed by atoms with Gasteiger partial charge < -0.3 is 10.6 Å². The molecule has 0 aromatic heterocycles. The fraction of sp³-hybridized carbons (Fsp3) is 0.118. The molecule has 1 amide bonds. The van der Waals surface area contributed by atoms with Crippen LogP contribution in [0.4, 0.5) is 11.4 Å². The number of benzene rings is 2. The van der Waals surface area contributed by atoms with Crippen molar-refractivity contribution in [1.82, 2.24) is 0 Å². The molecule has 1 heterocycles. The predicted octanol–water partition coefficient (Wildman–Crippen LogP) is 4.18. The Kier molecular flexibility index (Phi) is 3.43. The molecule has 2 aromatic carbocycles. The SMILES string of the molecule is C=CCC1(Nc2ccc(Cl)cc2)C(=O)Nc2ccccc21. The van der Waals surface area contributed by atoms with Crippen LogP contribution in [0, 0.1) is 0 Å². The van der Waals surface area contributed by atoms with Crippen molar-refractivity contribution in [2.75, 3.05) is 10.6 Å². The molecule has 2 N–H and O–H groups in total. The van der Waals surface area contributed by atoms with E-state index >= 15 is 0 Å². The molecule has 0 radical (unpaired) electrons. The Hall–Kier alpha value is -2.26. The van der Waals surface area contributed by atoms with Crippen molar-refractivity contribution in [3.05, 3.63) is 71.8 Å². The summed E-state index contributed by atoms with van der Waals surface area (Å²) in [6.45, 7) is 3.79. The average molecular weight is 299 g/mol. The van der Waals surface area contributed by atoms with Gasteiger partial charge >= 0.3 is 0 Å². The number of anilines is 2. The Labute approximate surface area is 128 Å². The minimum absolute atomic E-state index is 0.0708. The second kappa shape index (κ2) is 5.26. The third-order valence-electron chi connectivity index (χ3n) is 3.68. The zero-order valence-corrected chi connectivity index (χ0v) is 12.2. The van der Waals surface area contributed by atoms with Gasteiger partial charge in [-0.3, -0.25) is 4.79 Å². The second-order valence-corrected chi connectivity index (χ2v) is 5.47. The Morgan fingerprint density at radius 2 is 1.90 bits per heavy atom. The van der Waals surface area contributed by atoms with Gasteiger partial charge in [0.1, 0.15) is 5.54 Å². The van der Waals surface area contributed by atoms with Gasteiger partial charge in [0.25, 0.3) is 5.91 Å². The monoisotopic (exact) mass is 298 g/mol. The zero-order chi connectivity index (χ0) is 14.9. The molecule has 3 rings (SSSR count). The molecular formula is C17H15ClN2O. The van der Waals surface area contributed by atoms with Gasteiger partial charge in [0, 0.05) is 28.4 Å². The number of hydrogen-bond donors (Lipinski definition) is 2. The molecule has 0 aliphatic carbocycles. The largest absolute Gasteiger partial charge is 0.367 e. The van der Waals surface area contributed by atoms with E-state index in [4.69, 9.17) is 11.6 Å². The summed E-state index contributed by atoms with van der Waals surface area (Å²) in [5, 5.41) is 6.94. The standard InChI is InChI=1S/C17H15ClN2O/c1-2-11-17(20-13-9-7-12(18)8-10-13)14-5-3-4-6-15(14)19-16(17)21/h2-10,20H,1,11H2,(H,19,21). The molecule has 3 nitrogen and oxygen atoms in total. The van der Waals surface area contributed by atoms with Crippen molar-refractivity contribution in [3.63, 3.8) is 0 Å². The second-order valence-electron chi connectivity index (χ2n) is 5.03. The van der Waals surface area contributed by atoms with E-state index in [9.17, 15) is 4.79 Å². The van der Waals surface area contributed by atoms with Crippen molar-refractivity contribution in [3.8, 4) is 0 Å². The molecule has 2 aromatic rings. The summed E-state index contributed by atoms with van der Waals surface area (Å²) in [6, 6.07) is 15.0. The van der Waals surface area contributed by atoms with Gasteiger partial charge in [0.05, 0.1) is 0 Å². The van der Waals surface area contributed by atoms with Crippen molar-refractivity contribution in [2.45, 2.75) is 12.0 Å². The van der Waals surface area contributed by atoms with Gasteiger partial charge in [-0.2, -0.15) is 0 Å². The number of carbonyl (C=O) groups excluding carboxylic acids is 1. The quantitative estimate of drug-likeness (QED) is 0.832. The van der Waals surface area contributed by atoms with Crippen molar-refractivity contribution < 1.29 is 4.79 Å². The number of carbonyl (C=O) groups is 1. The highest BCUT2D eigenvalue weighted by molar-refractivity contribution is 6.30. The molecule has 0 spiro atoms. The van der Waals surface area contributed by atoms with E-state index in [2.05, 4.69) is 17.2 Å². The molecule has 106 valence electrons. The molecule has 1 unspecified atom stereocenters. The number of halogens is 1. The maximum Gasteiger partial charge on any atom is 0.255 e. The first-order valence-corrected chi connectivity index (χ1v) is 7.09. The summed E-state index contributed by atoms with van der Waals surface area (Å²) in [4.78, 5) is 12.6. The molecule has 0 saturated carbocycles. The van der Waals surface area contributed by atoms with Crippen LogP contribution in [0.15, 0.2) is 61.2 Å². The van der Waals surface area contributed by atoms with Crippen LogP contribution in [0.5, 0.6) is 0 Å². The lowest BCUT2D eigenvalue weighted by atomic mass is 9.87. The predicted molar refractivity (Wildman–Crippen MR) is 86.6 cm³/mol. The maximum absolute atomic E-state index is 12.6. The number of hydrogen-bond acceptors (Lipinski definition) is 2. The lowest BCUT2D eigenvalue weighted by Crippen LogP contribution is -2.41. The Morgan fingerprint density at radius 1 is 1.19 bits per heavy atom. The third-order valence-corrected chi connectivity index (χ3v) is 3.93. The summed E-state index contributed by atoms with van der Waals surface area (Å²) in [7, 11) is 0. The van der Waals surface area contributed by atoms with Crippen LogP contribution in [-0.2, 0) is 10.3 Å². The van der Waals surface area contributed by atoms with Crippen LogP contribution in [0.3, 0.4) is 0 Å². The van der Waals surface area contributed by atoms with Crippen molar-refractivity contribution >= 4 is 28.9 Å². The molecule has 1 aliphatic heterocycles. The highest BCUT2D eigenvalue weighted by Gasteiger charge is 2.45. The summed E-state index contributed by atoms with van der Waals surface area (Å²) >= 11 is 5.91. The molecule has 21 heavy (non-hydrogen) atoms. The first-order valence-electron chi connectivity index (χ1n) is 6.71. The van der Waals surface area contributed by atoms with Crippen LogP contribution < -0.4 is 10.6 Å². The van der Waals surface area contributed by atoms with E-state index in [1.165, 1.54) is 0 Å². The molecule has 0 bridgehead atoms. The number of nitrogens with one attached hydrogen (secondary N) is 2. The number of para-hydroxylation sites is 1. The van der Waals surface area contributed by atoms with Crippen LogP contribution in [0.2, 0.25) is 5.02 Å². The molecule has 1 atom stereocenters. The van der Waals surface area contributed by atoms with Gasteiger partial charge in [-0.25, -0.2) is 0 Å². The number of amides is 1. The summed E-state index contributed by atoms with van der Waals surface area (Å²) in [5.74, 6) is -0.0708. The molecule has 1 aliphatic rings. The lowest BCUT2D eigenvalue weighted by Gasteiger charge is -2.29. The fourth-order valence-electron chi connectivity index (χ4n) is 2.69. The highest BCUT2D eigenvalue weighted by Crippen LogP contribution is 2.41. The zero-order valence-electron chi connectivity index (χ0n) is 11.4. The average Bonchev–Trinajstić information content (AvgIpc) is 2.75. The van der Waals surface area contributed by atoms with Crippen LogP contribution in [0.1, 0.15) is 12.0 Å². The normalized spacial score (nSPS) is 19.8. The Balaban J connectivity index is 2.06. The summed E-state index contributed by atoms with van der Waals surface area (Å²) in [6.07, 6.45) is 2.25. The van der Waals surface area contributed by atoms with Crippen molar-refractivity contribution in [1.29, 1.82) is 0 Å². The van der Waals surface area contributed by atoms with Gasteiger partial charge in [-0.1, -0.05) is 35.9 Å². The van der Waals surface area contributed by atoms with E-state index in [0.717, 1.165) is 16.9 Å². The molecular weight excluding hydrogens is 284 g/mol. The van der Waals surface area contributed by atoms with Gasteiger partial charge in [0.15, 0.2) is 0 Å². The van der Waals surface area contributed by atoms with Crippen LogP contribution >= 0.6 is 11.6 Å². The third kappa shape index (κ3) is 2.30. The molecule has 0 fully saturated rings. The van der Waals surface area contributed by atoms with Crippen LogP contribution in [-0.4, -0.2) is 5.91 Å². The van der Waals surface area contributed by atoms with E-state index in [1.54, 1.807) is 18.2 Å². The van der Waals surface area contributed by atoms with Gasteiger partial charge in [-0.15, -0.1) is 6.58 Å². The first-order chi connectivity index (χ1) is 10.2. The van der Waals surface area contributed by atoms with E-state index in [-0.39, 0.29) is 5.91 Å². The fourth-order valence-corrected chi connectivity index (χ4v) is 2.82. The molecule has 0 saturated heterocycles. The highest BCUT2D eigenvalue weighted by atomic mass is 35.5. The summed E-state index contributed by atoms with van der Waals surface area (Å²) in [5.41, 5.74) is 1.79. The van der Waals surface area contributed by atoms with Gasteiger partial charge in [-0.05, 0) is 30.3 Å².